The number of carbonyl (C=O) groups excluding carboxylic acids is 2. The van der Waals surface area contributed by atoms with E-state index in [-0.39, 0.29) is 35.7 Å². The maximum absolute atomic E-state index is 12.7. The molecule has 1 saturated heterocycles. The summed E-state index contributed by atoms with van der Waals surface area (Å²) in [5.41, 5.74) is 4.33. The number of aryl methyl sites for hydroxylation is 2. The summed E-state index contributed by atoms with van der Waals surface area (Å²) in [4.78, 5) is 27.2. The van der Waals surface area contributed by atoms with Gasteiger partial charge < -0.3 is 10.2 Å². The van der Waals surface area contributed by atoms with Crippen molar-refractivity contribution in [3.05, 3.63) is 59.2 Å². The molecule has 1 unspecified atom stereocenters. The van der Waals surface area contributed by atoms with Gasteiger partial charge in [-0.2, -0.15) is 4.31 Å². The van der Waals surface area contributed by atoms with Crippen LogP contribution in [-0.2, 0) is 39.0 Å². The average molecular weight is 470 g/mol. The quantitative estimate of drug-likeness (QED) is 0.676. The molecule has 2 aliphatic rings. The SMILES string of the molecule is CC(C)N(C)S(=O)(=O)c1ccc(CNC(=O)C2CC(=O)N(c3ccc4c(c3)CCC4)C2)cc1. The molecule has 8 heteroatoms. The summed E-state index contributed by atoms with van der Waals surface area (Å²) in [6.45, 7) is 4.30. The van der Waals surface area contributed by atoms with E-state index in [1.165, 1.54) is 15.4 Å². The molecule has 0 saturated carbocycles. The van der Waals surface area contributed by atoms with Gasteiger partial charge >= 0.3 is 0 Å². The second-order valence-electron chi connectivity index (χ2n) is 9.19. The Balaban J connectivity index is 1.35. The number of hydrogen-bond acceptors (Lipinski definition) is 4. The number of amides is 2. The van der Waals surface area contributed by atoms with Gasteiger partial charge in [-0.15, -0.1) is 0 Å². The molecular weight excluding hydrogens is 438 g/mol. The van der Waals surface area contributed by atoms with Crippen molar-refractivity contribution >= 4 is 27.5 Å². The van der Waals surface area contributed by atoms with Gasteiger partial charge in [0.1, 0.15) is 0 Å². The Morgan fingerprint density at radius 1 is 1.12 bits per heavy atom. The van der Waals surface area contributed by atoms with Crippen LogP contribution < -0.4 is 10.2 Å². The van der Waals surface area contributed by atoms with Crippen LogP contribution in [0.15, 0.2) is 47.4 Å². The number of fused-ring (bicyclic) bond motifs is 1. The third-order valence-corrected chi connectivity index (χ3v) is 8.73. The van der Waals surface area contributed by atoms with E-state index in [1.807, 2.05) is 19.9 Å². The zero-order valence-electron chi connectivity index (χ0n) is 19.4. The number of rotatable bonds is 7. The Hall–Kier alpha value is -2.71. The van der Waals surface area contributed by atoms with Crippen LogP contribution in [0, 0.1) is 5.92 Å². The van der Waals surface area contributed by atoms with Crippen LogP contribution in [0.1, 0.15) is 43.4 Å². The Labute approximate surface area is 195 Å². The molecule has 1 atom stereocenters. The van der Waals surface area contributed by atoms with Gasteiger partial charge in [-0.1, -0.05) is 18.2 Å². The zero-order chi connectivity index (χ0) is 23.8. The van der Waals surface area contributed by atoms with Crippen LogP contribution in [0.4, 0.5) is 5.69 Å². The number of carbonyl (C=O) groups is 2. The van der Waals surface area contributed by atoms with Gasteiger partial charge in [0, 0.05) is 38.3 Å². The van der Waals surface area contributed by atoms with E-state index < -0.39 is 15.9 Å². The minimum Gasteiger partial charge on any atom is -0.352 e. The molecule has 1 N–H and O–H groups in total. The van der Waals surface area contributed by atoms with Crippen LogP contribution in [0.5, 0.6) is 0 Å². The number of hydrogen-bond donors (Lipinski definition) is 1. The normalized spacial score (nSPS) is 18.3. The van der Waals surface area contributed by atoms with Crippen molar-refractivity contribution in [2.75, 3.05) is 18.5 Å². The molecule has 2 aromatic carbocycles. The molecule has 4 rings (SSSR count). The summed E-state index contributed by atoms with van der Waals surface area (Å²) < 4.78 is 26.5. The summed E-state index contributed by atoms with van der Waals surface area (Å²) in [6.07, 6.45) is 3.49. The van der Waals surface area contributed by atoms with E-state index in [0.717, 1.165) is 30.5 Å². The standard InChI is InChI=1S/C25H31N3O4S/c1-17(2)27(3)33(31,32)23-11-7-18(8-12-23)15-26-25(30)21-14-24(29)28(16-21)22-10-9-19-5-4-6-20(19)13-22/h7-13,17,21H,4-6,14-16H2,1-3H3,(H,26,30). The Morgan fingerprint density at radius 3 is 2.52 bits per heavy atom. The minimum atomic E-state index is -3.54. The van der Waals surface area contributed by atoms with Crippen LogP contribution in [0.3, 0.4) is 0 Å². The lowest BCUT2D eigenvalue weighted by molar-refractivity contribution is -0.126. The fourth-order valence-corrected chi connectivity index (χ4v) is 5.78. The third kappa shape index (κ3) is 4.82. The molecule has 176 valence electrons. The summed E-state index contributed by atoms with van der Waals surface area (Å²) in [6, 6.07) is 12.6. The fraction of sp³-hybridized carbons (Fsp3) is 0.440. The molecule has 33 heavy (non-hydrogen) atoms. The molecule has 2 amide bonds. The van der Waals surface area contributed by atoms with E-state index in [0.29, 0.717) is 6.54 Å². The molecule has 7 nitrogen and oxygen atoms in total. The maximum atomic E-state index is 12.7. The molecular formula is C25H31N3O4S. The summed E-state index contributed by atoms with van der Waals surface area (Å²) in [5, 5.41) is 2.90. The lowest BCUT2D eigenvalue weighted by Gasteiger charge is -2.21. The number of nitrogens with zero attached hydrogens (tertiary/aromatic N) is 2. The van der Waals surface area contributed by atoms with Crippen LogP contribution in [-0.4, -0.2) is 44.2 Å². The van der Waals surface area contributed by atoms with Gasteiger partial charge in [0.15, 0.2) is 0 Å². The first kappa shape index (κ1) is 23.4. The number of sulfonamides is 1. The molecule has 0 spiro atoms. The first-order chi connectivity index (χ1) is 15.7. The maximum Gasteiger partial charge on any atom is 0.243 e. The zero-order valence-corrected chi connectivity index (χ0v) is 20.2. The average Bonchev–Trinajstić information content (AvgIpc) is 3.43. The van der Waals surface area contributed by atoms with Crippen LogP contribution >= 0.6 is 0 Å². The predicted octanol–water partition coefficient (Wildman–Crippen LogP) is 2.87. The highest BCUT2D eigenvalue weighted by Gasteiger charge is 2.35. The highest BCUT2D eigenvalue weighted by molar-refractivity contribution is 7.89. The van der Waals surface area contributed by atoms with Crippen LogP contribution in [0.25, 0.3) is 0 Å². The number of anilines is 1. The molecule has 1 aliphatic carbocycles. The highest BCUT2D eigenvalue weighted by atomic mass is 32.2. The van der Waals surface area contributed by atoms with Crippen molar-refractivity contribution in [2.45, 2.75) is 57.0 Å². The topological polar surface area (TPSA) is 86.8 Å². The van der Waals surface area contributed by atoms with E-state index in [9.17, 15) is 18.0 Å². The van der Waals surface area contributed by atoms with Crippen molar-refractivity contribution in [1.82, 2.24) is 9.62 Å². The second-order valence-corrected chi connectivity index (χ2v) is 11.2. The molecule has 1 heterocycles. The first-order valence-electron chi connectivity index (χ1n) is 11.4. The van der Waals surface area contributed by atoms with Crippen molar-refractivity contribution in [2.24, 2.45) is 5.92 Å². The van der Waals surface area contributed by atoms with Crippen molar-refractivity contribution in [3.8, 4) is 0 Å². The van der Waals surface area contributed by atoms with E-state index in [4.69, 9.17) is 0 Å². The molecule has 0 radical (unpaired) electrons. The predicted molar refractivity (Wildman–Crippen MR) is 127 cm³/mol. The lowest BCUT2D eigenvalue weighted by Crippen LogP contribution is -2.33. The van der Waals surface area contributed by atoms with Crippen molar-refractivity contribution in [1.29, 1.82) is 0 Å². The summed E-state index contributed by atoms with van der Waals surface area (Å²) in [5.74, 6) is -0.592. The van der Waals surface area contributed by atoms with Crippen LogP contribution in [0.2, 0.25) is 0 Å². The summed E-state index contributed by atoms with van der Waals surface area (Å²) in [7, 11) is -1.98. The Morgan fingerprint density at radius 2 is 1.82 bits per heavy atom. The smallest absolute Gasteiger partial charge is 0.243 e. The highest BCUT2D eigenvalue weighted by Crippen LogP contribution is 2.30. The molecule has 1 fully saturated rings. The second kappa shape index (κ2) is 9.27. The minimum absolute atomic E-state index is 0.0306. The summed E-state index contributed by atoms with van der Waals surface area (Å²) >= 11 is 0. The monoisotopic (exact) mass is 469 g/mol. The van der Waals surface area contributed by atoms with Gasteiger partial charge in [0.05, 0.1) is 10.8 Å². The number of benzene rings is 2. The van der Waals surface area contributed by atoms with E-state index in [1.54, 1.807) is 36.2 Å². The van der Waals surface area contributed by atoms with Gasteiger partial charge in [-0.25, -0.2) is 8.42 Å². The third-order valence-electron chi connectivity index (χ3n) is 6.68. The number of nitrogens with one attached hydrogen (secondary N) is 1. The molecule has 2 aromatic rings. The largest absolute Gasteiger partial charge is 0.352 e. The molecule has 1 aliphatic heterocycles. The van der Waals surface area contributed by atoms with E-state index in [2.05, 4.69) is 17.4 Å². The first-order valence-corrected chi connectivity index (χ1v) is 12.9. The molecule has 0 bridgehead atoms. The van der Waals surface area contributed by atoms with Gasteiger partial charge in [0.2, 0.25) is 21.8 Å². The Kier molecular flexibility index (Phi) is 6.59. The van der Waals surface area contributed by atoms with Crippen molar-refractivity contribution < 1.29 is 18.0 Å². The fourth-order valence-electron chi connectivity index (χ4n) is 4.42. The van der Waals surface area contributed by atoms with Gasteiger partial charge in [0.25, 0.3) is 0 Å². The Bertz CT molecular complexity index is 1160. The van der Waals surface area contributed by atoms with E-state index >= 15 is 0 Å². The van der Waals surface area contributed by atoms with Gasteiger partial charge in [-0.3, -0.25) is 9.59 Å². The van der Waals surface area contributed by atoms with Crippen molar-refractivity contribution in [3.63, 3.8) is 0 Å². The van der Waals surface area contributed by atoms with Gasteiger partial charge in [-0.05, 0) is 74.1 Å². The lowest BCUT2D eigenvalue weighted by atomic mass is 10.1. The molecule has 0 aromatic heterocycles.